The summed E-state index contributed by atoms with van der Waals surface area (Å²) in [5.41, 5.74) is 15.4. The van der Waals surface area contributed by atoms with Crippen LogP contribution in [0.15, 0.2) is 109 Å². The highest BCUT2D eigenvalue weighted by Gasteiger charge is 2.15. The lowest BCUT2D eigenvalue weighted by atomic mass is 9.98. The van der Waals surface area contributed by atoms with Crippen LogP contribution in [-0.2, 0) is 0 Å². The Morgan fingerprint density at radius 3 is 0.952 bits per heavy atom. The molecule has 7 aromatic rings. The summed E-state index contributed by atoms with van der Waals surface area (Å²) in [7, 11) is 0. The third-order valence-corrected chi connectivity index (χ3v) is 7.54. The van der Waals surface area contributed by atoms with E-state index in [0.717, 1.165) is 67.5 Å². The van der Waals surface area contributed by atoms with E-state index in [-0.39, 0.29) is 0 Å². The molecule has 0 fully saturated rings. The molecule has 6 nitrogen and oxygen atoms in total. The first-order valence-electron chi connectivity index (χ1n) is 14.0. The van der Waals surface area contributed by atoms with Crippen LogP contribution in [0.25, 0.3) is 67.5 Å². The van der Waals surface area contributed by atoms with Gasteiger partial charge in [-0.2, -0.15) is 15.3 Å². The third kappa shape index (κ3) is 5.06. The summed E-state index contributed by atoms with van der Waals surface area (Å²) in [6, 6.07) is 38.0. The van der Waals surface area contributed by atoms with Gasteiger partial charge in [-0.25, -0.2) is 0 Å². The first kappa shape index (κ1) is 25.5. The molecule has 0 aliphatic rings. The van der Waals surface area contributed by atoms with Gasteiger partial charge in [-0.15, -0.1) is 0 Å². The lowest BCUT2D eigenvalue weighted by Gasteiger charge is -2.06. The number of aryl methyl sites for hydroxylation is 3. The second-order valence-electron chi connectivity index (χ2n) is 10.9. The lowest BCUT2D eigenvalue weighted by Crippen LogP contribution is -1.87. The minimum absolute atomic E-state index is 0.860. The van der Waals surface area contributed by atoms with Crippen molar-refractivity contribution in [3.05, 3.63) is 126 Å². The average Bonchev–Trinajstić information content (AvgIpc) is 3.78. The maximum Gasteiger partial charge on any atom is 0.0927 e. The molecular weight excluding hydrogens is 516 g/mol. The molecule has 0 atom stereocenters. The maximum atomic E-state index is 4.71. The third-order valence-electron chi connectivity index (χ3n) is 7.54. The molecule has 4 aromatic carbocycles. The van der Waals surface area contributed by atoms with E-state index in [4.69, 9.17) is 15.3 Å². The van der Waals surface area contributed by atoms with Gasteiger partial charge in [0.1, 0.15) is 0 Å². The van der Waals surface area contributed by atoms with Crippen LogP contribution in [0.4, 0.5) is 0 Å². The molecule has 3 heterocycles. The van der Waals surface area contributed by atoms with Crippen molar-refractivity contribution in [2.45, 2.75) is 20.8 Å². The predicted octanol–water partition coefficient (Wildman–Crippen LogP) is 8.78. The fourth-order valence-corrected chi connectivity index (χ4v) is 5.36. The minimum atomic E-state index is 0.860. The number of benzene rings is 4. The molecule has 0 saturated carbocycles. The van der Waals surface area contributed by atoms with Gasteiger partial charge in [0.2, 0.25) is 0 Å². The molecule has 204 valence electrons. The van der Waals surface area contributed by atoms with E-state index < -0.39 is 0 Å². The highest BCUT2D eigenvalue weighted by atomic mass is 15.1. The van der Waals surface area contributed by atoms with Gasteiger partial charge in [-0.1, -0.05) is 71.3 Å². The van der Waals surface area contributed by atoms with Crippen LogP contribution in [0.2, 0.25) is 0 Å². The summed E-state index contributed by atoms with van der Waals surface area (Å²) in [6.07, 6.45) is 0. The lowest BCUT2D eigenvalue weighted by molar-refractivity contribution is 1.09. The van der Waals surface area contributed by atoms with Gasteiger partial charge in [0.05, 0.1) is 34.2 Å². The molecule has 42 heavy (non-hydrogen) atoms. The number of nitrogens with one attached hydrogen (secondary N) is 3. The van der Waals surface area contributed by atoms with E-state index in [1.807, 2.05) is 0 Å². The van der Waals surface area contributed by atoms with E-state index in [1.165, 1.54) is 16.7 Å². The number of aromatic nitrogens is 6. The molecule has 0 amide bonds. The van der Waals surface area contributed by atoms with Gasteiger partial charge < -0.3 is 0 Å². The van der Waals surface area contributed by atoms with Crippen molar-refractivity contribution < 1.29 is 0 Å². The van der Waals surface area contributed by atoms with Crippen LogP contribution in [0.5, 0.6) is 0 Å². The molecule has 0 aliphatic heterocycles. The Hall–Kier alpha value is -5.49. The van der Waals surface area contributed by atoms with E-state index in [0.29, 0.717) is 0 Å². The van der Waals surface area contributed by atoms with Gasteiger partial charge in [-0.3, -0.25) is 15.3 Å². The zero-order valence-electron chi connectivity index (χ0n) is 23.7. The molecule has 7 rings (SSSR count). The van der Waals surface area contributed by atoms with E-state index in [1.54, 1.807) is 0 Å². The van der Waals surface area contributed by atoms with Crippen LogP contribution >= 0.6 is 0 Å². The number of nitrogens with zero attached hydrogens (tertiary/aromatic N) is 3. The smallest absolute Gasteiger partial charge is 0.0927 e. The summed E-state index contributed by atoms with van der Waals surface area (Å²) in [6.45, 7) is 6.29. The standard InChI is InChI=1S/C36H30N6/c1-22-7-4-10-25(13-22)31-19-34(40-37-31)28-16-29(35-20-32(38-41-35)26-11-5-8-23(2)14-26)18-30(17-28)36-21-33(39-42-36)27-12-6-9-24(3)15-27/h4-21H,1-3H3,(H,37,40)(H,38,41)(H,39,42). The van der Waals surface area contributed by atoms with Crippen molar-refractivity contribution in [3.63, 3.8) is 0 Å². The Kier molecular flexibility index (Phi) is 6.36. The summed E-state index contributed by atoms with van der Waals surface area (Å²) in [5, 5.41) is 23.8. The SMILES string of the molecule is Cc1cccc(-c2cc(-c3cc(-c4cc(-c5cccc(C)c5)[nH]n4)cc(-c4cc(-c5cccc(C)c5)[nH]n4)c3)n[nH]2)c1. The topological polar surface area (TPSA) is 86.0 Å². The Bertz CT molecular complexity index is 1790. The fourth-order valence-electron chi connectivity index (χ4n) is 5.36. The van der Waals surface area contributed by atoms with Crippen molar-refractivity contribution in [3.8, 4) is 67.5 Å². The van der Waals surface area contributed by atoms with E-state index >= 15 is 0 Å². The monoisotopic (exact) mass is 546 g/mol. The number of hydrogen-bond acceptors (Lipinski definition) is 3. The molecule has 0 saturated heterocycles. The van der Waals surface area contributed by atoms with Crippen molar-refractivity contribution >= 4 is 0 Å². The zero-order valence-corrected chi connectivity index (χ0v) is 23.7. The van der Waals surface area contributed by atoms with Crippen LogP contribution in [0, 0.1) is 20.8 Å². The summed E-state index contributed by atoms with van der Waals surface area (Å²) >= 11 is 0. The van der Waals surface area contributed by atoms with Crippen molar-refractivity contribution in [2.75, 3.05) is 0 Å². The normalized spacial score (nSPS) is 11.2. The molecule has 0 unspecified atom stereocenters. The van der Waals surface area contributed by atoms with Crippen molar-refractivity contribution in [1.29, 1.82) is 0 Å². The van der Waals surface area contributed by atoms with Crippen LogP contribution in [0.3, 0.4) is 0 Å². The first-order valence-corrected chi connectivity index (χ1v) is 14.0. The Labute approximate surface area is 244 Å². The van der Waals surface area contributed by atoms with Crippen molar-refractivity contribution in [1.82, 2.24) is 30.6 Å². The average molecular weight is 547 g/mol. The zero-order chi connectivity index (χ0) is 28.6. The molecule has 0 spiro atoms. The molecule has 6 heteroatoms. The largest absolute Gasteiger partial charge is 0.277 e. The van der Waals surface area contributed by atoms with Crippen LogP contribution < -0.4 is 0 Å². The fraction of sp³-hybridized carbons (Fsp3) is 0.0833. The van der Waals surface area contributed by atoms with Gasteiger partial charge in [0.25, 0.3) is 0 Å². The maximum absolute atomic E-state index is 4.71. The Balaban J connectivity index is 1.32. The molecule has 0 bridgehead atoms. The van der Waals surface area contributed by atoms with Gasteiger partial charge in [0.15, 0.2) is 0 Å². The second-order valence-corrected chi connectivity index (χ2v) is 10.9. The predicted molar refractivity (Wildman–Crippen MR) is 170 cm³/mol. The van der Waals surface area contributed by atoms with E-state index in [9.17, 15) is 0 Å². The first-order chi connectivity index (χ1) is 20.5. The van der Waals surface area contributed by atoms with Gasteiger partial charge in [-0.05, 0) is 92.1 Å². The highest BCUT2D eigenvalue weighted by Crippen LogP contribution is 2.35. The van der Waals surface area contributed by atoms with Gasteiger partial charge >= 0.3 is 0 Å². The number of H-pyrrole nitrogens is 3. The Morgan fingerprint density at radius 1 is 0.357 bits per heavy atom. The number of hydrogen-bond donors (Lipinski definition) is 3. The summed E-state index contributed by atoms with van der Waals surface area (Å²) in [5.74, 6) is 0. The molecule has 3 aromatic heterocycles. The number of rotatable bonds is 6. The highest BCUT2D eigenvalue weighted by molar-refractivity contribution is 5.81. The summed E-state index contributed by atoms with van der Waals surface area (Å²) in [4.78, 5) is 0. The quantitative estimate of drug-likeness (QED) is 0.195. The molecular formula is C36H30N6. The summed E-state index contributed by atoms with van der Waals surface area (Å²) < 4.78 is 0. The van der Waals surface area contributed by atoms with Crippen molar-refractivity contribution in [2.24, 2.45) is 0 Å². The molecule has 0 radical (unpaired) electrons. The molecule has 3 N–H and O–H groups in total. The van der Waals surface area contributed by atoms with Gasteiger partial charge in [0, 0.05) is 16.7 Å². The second kappa shape index (κ2) is 10.5. The Morgan fingerprint density at radius 2 is 0.667 bits per heavy atom. The minimum Gasteiger partial charge on any atom is -0.277 e. The molecule has 0 aliphatic carbocycles. The number of aromatic amines is 3. The van der Waals surface area contributed by atoms with Crippen LogP contribution in [0.1, 0.15) is 16.7 Å². The van der Waals surface area contributed by atoms with E-state index in [2.05, 4.69) is 145 Å². The van der Waals surface area contributed by atoms with Crippen LogP contribution in [-0.4, -0.2) is 30.6 Å².